The highest BCUT2D eigenvalue weighted by atomic mass is 19.4. The number of hydrogen-bond acceptors (Lipinski definition) is 7. The Kier molecular flexibility index (Phi) is 11.9. The molecule has 3 fully saturated rings. The number of carboxylic acid groups (broad SMARTS) is 2. The molecule has 1 aromatic rings. The van der Waals surface area contributed by atoms with Gasteiger partial charge in [0.25, 0.3) is 0 Å². The van der Waals surface area contributed by atoms with Gasteiger partial charge in [0.05, 0.1) is 18.9 Å². The lowest BCUT2D eigenvalue weighted by Crippen LogP contribution is -2.46. The summed E-state index contributed by atoms with van der Waals surface area (Å²) in [5.41, 5.74) is 1.63. The van der Waals surface area contributed by atoms with Gasteiger partial charge in [-0.2, -0.15) is 26.3 Å². The number of carboxylic acids is 2. The average Bonchev–Trinajstić information content (AvgIpc) is 3.49. The molecule has 4 heterocycles. The Morgan fingerprint density at radius 1 is 1.10 bits per heavy atom. The second-order valence-electron chi connectivity index (χ2n) is 9.70. The van der Waals surface area contributed by atoms with Crippen molar-refractivity contribution < 1.29 is 55.6 Å². The molecule has 222 valence electrons. The molecular weight excluding hydrogens is 540 g/mol. The van der Waals surface area contributed by atoms with E-state index >= 15 is 0 Å². The first-order chi connectivity index (χ1) is 18.2. The Bertz CT molecular complexity index is 880. The lowest BCUT2D eigenvalue weighted by molar-refractivity contribution is -0.193. The number of aliphatic carboxylic acids is 2. The third-order valence-electron chi connectivity index (χ3n) is 6.94. The monoisotopic (exact) mass is 573 g/mol. The minimum Gasteiger partial charge on any atom is -0.475 e. The number of halogens is 6. The quantitative estimate of drug-likeness (QED) is 0.512. The van der Waals surface area contributed by atoms with Crippen molar-refractivity contribution in [1.82, 2.24) is 14.8 Å². The maximum atomic E-state index is 10.6. The number of rotatable bonds is 5. The Labute approximate surface area is 221 Å². The van der Waals surface area contributed by atoms with Crippen LogP contribution in [0.3, 0.4) is 0 Å². The maximum Gasteiger partial charge on any atom is 0.490 e. The minimum absolute atomic E-state index is 0.466. The van der Waals surface area contributed by atoms with E-state index in [1.54, 1.807) is 0 Å². The van der Waals surface area contributed by atoms with E-state index in [4.69, 9.17) is 29.3 Å². The normalized spacial score (nSPS) is 23.5. The van der Waals surface area contributed by atoms with E-state index in [0.717, 1.165) is 26.4 Å². The molecule has 3 aliphatic heterocycles. The molecule has 1 aromatic heterocycles. The van der Waals surface area contributed by atoms with Crippen molar-refractivity contribution in [2.45, 2.75) is 56.7 Å². The first kappa shape index (κ1) is 32.7. The SMILES string of the molecule is COCC1CC2(CCN(C3CCOC3)CC2)CN1Cc1ccccn1.O=C(O)C(F)(F)F.O=C(O)C(F)(F)F. The molecule has 2 unspecified atom stereocenters. The van der Waals surface area contributed by atoms with Gasteiger partial charge in [0.1, 0.15) is 0 Å². The molecule has 9 nitrogen and oxygen atoms in total. The average molecular weight is 574 g/mol. The molecule has 2 atom stereocenters. The van der Waals surface area contributed by atoms with Crippen LogP contribution in [0.15, 0.2) is 24.4 Å². The first-order valence-corrected chi connectivity index (χ1v) is 12.2. The number of carbonyl (C=O) groups is 2. The van der Waals surface area contributed by atoms with Crippen LogP contribution in [0.4, 0.5) is 26.3 Å². The van der Waals surface area contributed by atoms with Gasteiger partial charge in [-0.05, 0) is 56.3 Å². The molecule has 1 spiro atoms. The Hall–Kier alpha value is -2.49. The lowest BCUT2D eigenvalue weighted by Gasteiger charge is -2.41. The fourth-order valence-electron chi connectivity index (χ4n) is 5.03. The molecule has 0 amide bonds. The summed E-state index contributed by atoms with van der Waals surface area (Å²) in [6.07, 6.45) is -3.17. The summed E-state index contributed by atoms with van der Waals surface area (Å²) in [6, 6.07) is 7.40. The molecule has 0 saturated carbocycles. The predicted molar refractivity (Wildman–Crippen MR) is 125 cm³/mol. The number of ether oxygens (including phenoxy) is 2. The van der Waals surface area contributed by atoms with Crippen molar-refractivity contribution in [3.05, 3.63) is 30.1 Å². The first-order valence-electron chi connectivity index (χ1n) is 12.2. The van der Waals surface area contributed by atoms with Crippen molar-refractivity contribution in [1.29, 1.82) is 0 Å². The largest absolute Gasteiger partial charge is 0.490 e. The zero-order valence-electron chi connectivity index (χ0n) is 21.4. The van der Waals surface area contributed by atoms with Crippen molar-refractivity contribution in [2.75, 3.05) is 46.6 Å². The van der Waals surface area contributed by atoms with Gasteiger partial charge in [0.15, 0.2) is 0 Å². The van der Waals surface area contributed by atoms with Crippen molar-refractivity contribution in [3.8, 4) is 0 Å². The molecule has 0 aromatic carbocycles. The van der Waals surface area contributed by atoms with E-state index < -0.39 is 24.3 Å². The third-order valence-corrected chi connectivity index (χ3v) is 6.94. The highest BCUT2D eigenvalue weighted by molar-refractivity contribution is 5.73. The second-order valence-corrected chi connectivity index (χ2v) is 9.70. The van der Waals surface area contributed by atoms with E-state index in [0.29, 0.717) is 17.5 Å². The van der Waals surface area contributed by atoms with Crippen LogP contribution in [0, 0.1) is 5.41 Å². The zero-order valence-corrected chi connectivity index (χ0v) is 21.4. The maximum absolute atomic E-state index is 10.6. The fraction of sp³-hybridized carbons (Fsp3) is 0.708. The van der Waals surface area contributed by atoms with Crippen LogP contribution in [0.25, 0.3) is 0 Å². The van der Waals surface area contributed by atoms with Crippen LogP contribution in [0.2, 0.25) is 0 Å². The van der Waals surface area contributed by atoms with E-state index in [1.165, 1.54) is 51.0 Å². The van der Waals surface area contributed by atoms with E-state index in [1.807, 2.05) is 19.4 Å². The Morgan fingerprint density at radius 2 is 1.69 bits per heavy atom. The number of pyridine rings is 1. The molecule has 15 heteroatoms. The van der Waals surface area contributed by atoms with E-state index in [9.17, 15) is 26.3 Å². The van der Waals surface area contributed by atoms with Gasteiger partial charge < -0.3 is 19.7 Å². The van der Waals surface area contributed by atoms with Crippen molar-refractivity contribution >= 4 is 11.9 Å². The highest BCUT2D eigenvalue weighted by Gasteiger charge is 2.46. The molecule has 39 heavy (non-hydrogen) atoms. The summed E-state index contributed by atoms with van der Waals surface area (Å²) >= 11 is 0. The predicted octanol–water partition coefficient (Wildman–Crippen LogP) is 3.44. The Morgan fingerprint density at radius 3 is 2.13 bits per heavy atom. The number of methoxy groups -OCH3 is 1. The molecule has 0 bridgehead atoms. The summed E-state index contributed by atoms with van der Waals surface area (Å²) in [7, 11) is 1.83. The minimum atomic E-state index is -5.08. The smallest absolute Gasteiger partial charge is 0.475 e. The standard InChI is InChI=1S/C20H31N3O2.2C2HF3O2/c1-24-14-19-12-20(16-23(19)13-17-4-2-3-8-21-17)6-9-22(10-7-20)18-5-11-25-15-18;2*3-2(4,5)1(6)7/h2-4,8,18-19H,5-7,9-16H2,1H3;2*(H,6,7). The van der Waals surface area contributed by atoms with Gasteiger partial charge in [-0.25, -0.2) is 9.59 Å². The number of aromatic nitrogens is 1. The van der Waals surface area contributed by atoms with Gasteiger partial charge >= 0.3 is 24.3 Å². The molecular formula is C24H33F6N3O6. The zero-order chi connectivity index (χ0) is 29.3. The summed E-state index contributed by atoms with van der Waals surface area (Å²) in [4.78, 5) is 27.6. The van der Waals surface area contributed by atoms with Crippen LogP contribution in [0.5, 0.6) is 0 Å². The summed E-state index contributed by atoms with van der Waals surface area (Å²) in [5, 5.41) is 14.2. The molecule has 2 N–H and O–H groups in total. The summed E-state index contributed by atoms with van der Waals surface area (Å²) in [6.45, 7) is 7.29. The van der Waals surface area contributed by atoms with Crippen LogP contribution in [-0.4, -0.2) is 108 Å². The van der Waals surface area contributed by atoms with Crippen molar-refractivity contribution in [3.63, 3.8) is 0 Å². The fourth-order valence-corrected chi connectivity index (χ4v) is 5.03. The van der Waals surface area contributed by atoms with Gasteiger partial charge in [0, 0.05) is 45.1 Å². The van der Waals surface area contributed by atoms with E-state index in [2.05, 4.69) is 26.9 Å². The number of nitrogens with zero attached hydrogens (tertiary/aromatic N) is 3. The van der Waals surface area contributed by atoms with Gasteiger partial charge in [-0.3, -0.25) is 14.8 Å². The van der Waals surface area contributed by atoms with Gasteiger partial charge in [-0.15, -0.1) is 0 Å². The van der Waals surface area contributed by atoms with Crippen LogP contribution in [-0.2, 0) is 25.6 Å². The molecule has 0 aliphatic carbocycles. The van der Waals surface area contributed by atoms with Crippen molar-refractivity contribution in [2.24, 2.45) is 5.41 Å². The molecule has 3 aliphatic rings. The van der Waals surface area contributed by atoms with Crippen LogP contribution >= 0.6 is 0 Å². The molecule has 3 saturated heterocycles. The lowest BCUT2D eigenvalue weighted by atomic mass is 9.76. The number of likely N-dealkylation sites (tertiary alicyclic amines) is 2. The summed E-state index contributed by atoms with van der Waals surface area (Å²) in [5.74, 6) is -5.51. The number of alkyl halides is 6. The third kappa shape index (κ3) is 10.5. The van der Waals surface area contributed by atoms with E-state index in [-0.39, 0.29) is 0 Å². The Balaban J connectivity index is 0.000000317. The van der Waals surface area contributed by atoms with Crippen LogP contribution < -0.4 is 0 Å². The van der Waals surface area contributed by atoms with Gasteiger partial charge in [0.2, 0.25) is 0 Å². The highest BCUT2D eigenvalue weighted by Crippen LogP contribution is 2.44. The topological polar surface area (TPSA) is 112 Å². The number of piperidine rings is 1. The van der Waals surface area contributed by atoms with Crippen LogP contribution in [0.1, 0.15) is 31.4 Å². The van der Waals surface area contributed by atoms with Gasteiger partial charge in [-0.1, -0.05) is 6.07 Å². The molecule has 0 radical (unpaired) electrons. The number of hydrogen-bond donors (Lipinski definition) is 2. The summed E-state index contributed by atoms with van der Waals surface area (Å²) < 4.78 is 74.6. The second kappa shape index (κ2) is 14.2. The molecule has 4 rings (SSSR count).